The van der Waals surface area contributed by atoms with Crippen LogP contribution in [-0.4, -0.2) is 39.6 Å². The predicted octanol–water partition coefficient (Wildman–Crippen LogP) is 3.74. The molecule has 1 aromatic heterocycles. The fourth-order valence-electron chi connectivity index (χ4n) is 3.49. The van der Waals surface area contributed by atoms with Crippen LogP contribution >= 0.6 is 27.7 Å². The molecule has 0 bridgehead atoms. The lowest BCUT2D eigenvalue weighted by atomic mass is 10.1. The summed E-state index contributed by atoms with van der Waals surface area (Å²) >= 11 is 4.37. The van der Waals surface area contributed by atoms with Gasteiger partial charge in [-0.15, -0.1) is 0 Å². The number of hydrogen-bond acceptors (Lipinski definition) is 4. The van der Waals surface area contributed by atoms with E-state index in [-0.39, 0.29) is 23.6 Å². The van der Waals surface area contributed by atoms with Gasteiger partial charge in [0.2, 0.25) is 5.91 Å². The maximum absolute atomic E-state index is 12.7. The summed E-state index contributed by atoms with van der Waals surface area (Å²) in [6.45, 7) is 1.90. The number of carbonyl (C=O) groups is 3. The number of nitrogens with one attached hydrogen (secondary N) is 1. The molecule has 0 unspecified atom stereocenters. The minimum atomic E-state index is -0.384. The van der Waals surface area contributed by atoms with E-state index in [1.54, 1.807) is 6.08 Å². The summed E-state index contributed by atoms with van der Waals surface area (Å²) in [6.07, 6.45) is 6.89. The number of carbonyl (C=O) groups excluding carboxylic acids is 3. The van der Waals surface area contributed by atoms with Crippen LogP contribution in [0.2, 0.25) is 0 Å². The quantitative estimate of drug-likeness (QED) is 0.727. The molecule has 3 amide bonds. The molecule has 0 atom stereocenters. The van der Waals surface area contributed by atoms with Crippen LogP contribution < -0.4 is 5.32 Å². The van der Waals surface area contributed by atoms with Gasteiger partial charge in [0.25, 0.3) is 11.1 Å². The van der Waals surface area contributed by atoms with Gasteiger partial charge in [0.15, 0.2) is 0 Å². The predicted molar refractivity (Wildman–Crippen MR) is 109 cm³/mol. The molecule has 8 heteroatoms. The Labute approximate surface area is 169 Å². The summed E-state index contributed by atoms with van der Waals surface area (Å²) < 4.78 is 2.83. The van der Waals surface area contributed by atoms with Gasteiger partial charge in [-0.3, -0.25) is 19.7 Å². The van der Waals surface area contributed by atoms with Crippen molar-refractivity contribution in [2.75, 3.05) is 13.1 Å². The highest BCUT2D eigenvalue weighted by atomic mass is 79.9. The first-order valence-electron chi connectivity index (χ1n) is 8.82. The van der Waals surface area contributed by atoms with Crippen molar-refractivity contribution in [1.82, 2.24) is 14.8 Å². The summed E-state index contributed by atoms with van der Waals surface area (Å²) in [5.74, 6) is -0.276. The fourth-order valence-corrected chi connectivity index (χ4v) is 4.53. The van der Waals surface area contributed by atoms with Crippen molar-refractivity contribution in [3.8, 4) is 0 Å². The Kier molecular flexibility index (Phi) is 5.10. The van der Waals surface area contributed by atoms with Crippen molar-refractivity contribution in [3.05, 3.63) is 39.3 Å². The minimum Gasteiger partial charge on any atom is -0.341 e. The fraction of sp³-hybridized carbons (Fsp3) is 0.316. The smallest absolute Gasteiger partial charge is 0.290 e. The number of aromatic nitrogens is 1. The number of halogens is 1. The summed E-state index contributed by atoms with van der Waals surface area (Å²) in [7, 11) is 0. The molecule has 2 saturated heterocycles. The lowest BCUT2D eigenvalue weighted by Gasteiger charge is -2.27. The van der Waals surface area contributed by atoms with E-state index in [2.05, 4.69) is 21.2 Å². The number of amides is 3. The Hall–Kier alpha value is -2.06. The number of benzene rings is 1. The van der Waals surface area contributed by atoms with Gasteiger partial charge < -0.3 is 9.47 Å². The summed E-state index contributed by atoms with van der Waals surface area (Å²) in [6, 6.07) is 5.85. The lowest BCUT2D eigenvalue weighted by Crippen LogP contribution is -2.37. The largest absolute Gasteiger partial charge is 0.341 e. The first-order valence-corrected chi connectivity index (χ1v) is 10.4. The van der Waals surface area contributed by atoms with Crippen LogP contribution in [0.15, 0.2) is 33.8 Å². The van der Waals surface area contributed by atoms with E-state index in [4.69, 9.17) is 0 Å². The Morgan fingerprint density at radius 2 is 2.00 bits per heavy atom. The number of nitrogens with zero attached hydrogens (tertiary/aromatic N) is 2. The van der Waals surface area contributed by atoms with Gasteiger partial charge in [0.05, 0.1) is 4.91 Å². The molecule has 4 rings (SSSR count). The normalized spacial score (nSPS) is 19.1. The zero-order chi connectivity index (χ0) is 19.0. The highest BCUT2D eigenvalue weighted by Gasteiger charge is 2.26. The van der Waals surface area contributed by atoms with E-state index in [1.165, 1.54) is 6.42 Å². The molecule has 6 nitrogen and oxygen atoms in total. The average Bonchev–Trinajstić information content (AvgIpc) is 3.15. The summed E-state index contributed by atoms with van der Waals surface area (Å²) in [4.78, 5) is 38.3. The Morgan fingerprint density at radius 3 is 2.70 bits per heavy atom. The van der Waals surface area contributed by atoms with Gasteiger partial charge >= 0.3 is 0 Å². The SMILES string of the molecule is O=C1NC(=O)/C(=C/c2cn(CC(=O)N3CCCCC3)c3ccc(Br)cc23)S1. The van der Waals surface area contributed by atoms with Crippen LogP contribution in [0.3, 0.4) is 0 Å². The van der Waals surface area contributed by atoms with E-state index >= 15 is 0 Å². The van der Waals surface area contributed by atoms with Crippen molar-refractivity contribution in [2.24, 2.45) is 0 Å². The molecule has 2 aliphatic heterocycles. The van der Waals surface area contributed by atoms with Crippen LogP contribution in [0.1, 0.15) is 24.8 Å². The number of hydrogen-bond donors (Lipinski definition) is 1. The van der Waals surface area contributed by atoms with E-state index in [0.717, 1.165) is 58.6 Å². The number of rotatable bonds is 3. The third-order valence-electron chi connectivity index (χ3n) is 4.82. The number of likely N-dealkylation sites (tertiary alicyclic amines) is 1. The molecule has 1 aromatic carbocycles. The van der Waals surface area contributed by atoms with Crippen LogP contribution in [0.4, 0.5) is 4.79 Å². The maximum Gasteiger partial charge on any atom is 0.290 e. The van der Waals surface area contributed by atoms with Crippen LogP contribution in [0.5, 0.6) is 0 Å². The van der Waals surface area contributed by atoms with E-state index in [9.17, 15) is 14.4 Å². The highest BCUT2D eigenvalue weighted by Crippen LogP contribution is 2.31. The Morgan fingerprint density at radius 1 is 1.22 bits per heavy atom. The van der Waals surface area contributed by atoms with Crippen LogP contribution in [-0.2, 0) is 16.1 Å². The number of fused-ring (bicyclic) bond motifs is 1. The molecule has 0 aliphatic carbocycles. The monoisotopic (exact) mass is 447 g/mol. The second-order valence-corrected chi connectivity index (χ2v) is 8.60. The van der Waals surface area contributed by atoms with Gasteiger partial charge in [-0.1, -0.05) is 15.9 Å². The average molecular weight is 448 g/mol. The molecule has 0 radical (unpaired) electrons. The van der Waals surface area contributed by atoms with Crippen molar-refractivity contribution < 1.29 is 14.4 Å². The molecule has 2 aromatic rings. The highest BCUT2D eigenvalue weighted by molar-refractivity contribution is 9.10. The third kappa shape index (κ3) is 3.82. The van der Waals surface area contributed by atoms with Gasteiger partial charge in [-0.05, 0) is 55.3 Å². The first-order chi connectivity index (χ1) is 13.0. The molecule has 27 heavy (non-hydrogen) atoms. The first kappa shape index (κ1) is 18.3. The van der Waals surface area contributed by atoms with Gasteiger partial charge in [0, 0.05) is 40.2 Å². The Bertz CT molecular complexity index is 976. The van der Waals surface area contributed by atoms with E-state index in [1.807, 2.05) is 33.9 Å². The number of thioether (sulfide) groups is 1. The van der Waals surface area contributed by atoms with Gasteiger partial charge in [-0.2, -0.15) is 0 Å². The van der Waals surface area contributed by atoms with Gasteiger partial charge in [-0.25, -0.2) is 0 Å². The van der Waals surface area contributed by atoms with Gasteiger partial charge in [0.1, 0.15) is 6.54 Å². The number of piperidine rings is 1. The molecular formula is C19H18BrN3O3S. The van der Waals surface area contributed by atoms with Crippen molar-refractivity contribution in [1.29, 1.82) is 0 Å². The van der Waals surface area contributed by atoms with Crippen molar-refractivity contribution in [2.45, 2.75) is 25.8 Å². The molecule has 140 valence electrons. The summed E-state index contributed by atoms with van der Waals surface area (Å²) in [5, 5.41) is 2.83. The zero-order valence-corrected chi connectivity index (χ0v) is 16.9. The van der Waals surface area contributed by atoms with Crippen molar-refractivity contribution in [3.63, 3.8) is 0 Å². The third-order valence-corrected chi connectivity index (χ3v) is 6.12. The molecule has 3 heterocycles. The van der Waals surface area contributed by atoms with E-state index in [0.29, 0.717) is 4.91 Å². The Balaban J connectivity index is 1.69. The molecule has 0 saturated carbocycles. The second-order valence-electron chi connectivity index (χ2n) is 6.67. The van der Waals surface area contributed by atoms with Crippen LogP contribution in [0.25, 0.3) is 17.0 Å². The number of imide groups is 1. The molecule has 0 spiro atoms. The maximum atomic E-state index is 12.7. The topological polar surface area (TPSA) is 71.4 Å². The zero-order valence-electron chi connectivity index (χ0n) is 14.5. The van der Waals surface area contributed by atoms with Crippen molar-refractivity contribution >= 4 is 61.7 Å². The summed E-state index contributed by atoms with van der Waals surface area (Å²) in [5.41, 5.74) is 1.73. The second kappa shape index (κ2) is 7.52. The molecule has 2 fully saturated rings. The standard InChI is InChI=1S/C19H18BrN3O3S/c20-13-4-5-15-14(9-13)12(8-16-18(25)21-19(26)27-16)10-23(15)11-17(24)22-6-2-1-3-7-22/h4-5,8-10H,1-3,6-7,11H2,(H,21,25,26)/b16-8-. The molecule has 1 N–H and O–H groups in total. The van der Waals surface area contributed by atoms with Crippen LogP contribution in [0, 0.1) is 0 Å². The minimum absolute atomic E-state index is 0.108. The van der Waals surface area contributed by atoms with E-state index < -0.39 is 0 Å². The lowest BCUT2D eigenvalue weighted by molar-refractivity contribution is -0.132. The molecule has 2 aliphatic rings. The molecular weight excluding hydrogens is 430 g/mol.